The van der Waals surface area contributed by atoms with Gasteiger partial charge in [-0.1, -0.05) is 24.3 Å². The number of carbonyl (C=O) groups is 1. The predicted octanol–water partition coefficient (Wildman–Crippen LogP) is 1.90. The van der Waals surface area contributed by atoms with Crippen LogP contribution in [0, 0.1) is 0 Å². The van der Waals surface area contributed by atoms with E-state index in [9.17, 15) is 4.79 Å². The molecule has 0 aliphatic carbocycles. The lowest BCUT2D eigenvalue weighted by molar-refractivity contribution is -0.107. The Bertz CT molecular complexity index is 312. The first-order valence-electron chi connectivity index (χ1n) is 5.63. The lowest BCUT2D eigenvalue weighted by Gasteiger charge is -2.23. The average molecular weight is 203 g/mol. The number of piperidine rings is 1. The molecule has 15 heavy (non-hydrogen) atoms. The van der Waals surface area contributed by atoms with Crippen molar-refractivity contribution >= 4 is 6.29 Å². The number of hydrogen-bond acceptors (Lipinski definition) is 2. The molecule has 2 heteroatoms. The van der Waals surface area contributed by atoms with Crippen molar-refractivity contribution in [2.75, 3.05) is 13.1 Å². The average Bonchev–Trinajstić information content (AvgIpc) is 2.32. The summed E-state index contributed by atoms with van der Waals surface area (Å²) in [7, 11) is 0. The SMILES string of the molecule is O=CCc1ccc(C2CCNCC2)cc1. The van der Waals surface area contributed by atoms with Crippen LogP contribution in [0.2, 0.25) is 0 Å². The number of rotatable bonds is 3. The van der Waals surface area contributed by atoms with Crippen LogP contribution in [0.25, 0.3) is 0 Å². The molecule has 80 valence electrons. The smallest absolute Gasteiger partial charge is 0.124 e. The second kappa shape index (κ2) is 5.08. The lowest BCUT2D eigenvalue weighted by atomic mass is 9.90. The third-order valence-corrected chi connectivity index (χ3v) is 3.11. The molecular weight excluding hydrogens is 186 g/mol. The van der Waals surface area contributed by atoms with Crippen LogP contribution in [0.4, 0.5) is 0 Å². The Balaban J connectivity index is 2.04. The Morgan fingerprint density at radius 1 is 1.20 bits per heavy atom. The second-order valence-electron chi connectivity index (χ2n) is 4.14. The number of nitrogens with one attached hydrogen (secondary N) is 1. The lowest BCUT2D eigenvalue weighted by Crippen LogP contribution is -2.26. The van der Waals surface area contributed by atoms with Crippen molar-refractivity contribution < 1.29 is 4.79 Å². The van der Waals surface area contributed by atoms with E-state index in [0.29, 0.717) is 12.3 Å². The van der Waals surface area contributed by atoms with Gasteiger partial charge >= 0.3 is 0 Å². The van der Waals surface area contributed by atoms with E-state index in [-0.39, 0.29) is 0 Å². The zero-order chi connectivity index (χ0) is 10.5. The van der Waals surface area contributed by atoms with Crippen molar-refractivity contribution in [3.05, 3.63) is 35.4 Å². The van der Waals surface area contributed by atoms with Gasteiger partial charge in [-0.3, -0.25) is 0 Å². The van der Waals surface area contributed by atoms with E-state index in [2.05, 4.69) is 29.6 Å². The quantitative estimate of drug-likeness (QED) is 0.760. The van der Waals surface area contributed by atoms with Crippen molar-refractivity contribution in [3.8, 4) is 0 Å². The maximum absolute atomic E-state index is 10.4. The molecule has 0 bridgehead atoms. The molecule has 2 nitrogen and oxygen atoms in total. The monoisotopic (exact) mass is 203 g/mol. The molecule has 0 radical (unpaired) electrons. The Kier molecular flexibility index (Phi) is 3.51. The maximum atomic E-state index is 10.4. The van der Waals surface area contributed by atoms with Gasteiger partial charge in [0, 0.05) is 6.42 Å². The Morgan fingerprint density at radius 3 is 2.47 bits per heavy atom. The molecule has 1 aromatic carbocycles. The van der Waals surface area contributed by atoms with Crippen LogP contribution < -0.4 is 5.32 Å². The van der Waals surface area contributed by atoms with Crippen LogP contribution in [-0.2, 0) is 11.2 Å². The summed E-state index contributed by atoms with van der Waals surface area (Å²) in [6, 6.07) is 8.50. The van der Waals surface area contributed by atoms with Crippen LogP contribution in [0.5, 0.6) is 0 Å². The predicted molar refractivity (Wildman–Crippen MR) is 61.1 cm³/mol. The molecule has 1 N–H and O–H groups in total. The molecule has 0 aromatic heterocycles. The molecule has 1 fully saturated rings. The number of benzene rings is 1. The molecule has 0 unspecified atom stereocenters. The Labute approximate surface area is 90.7 Å². The van der Waals surface area contributed by atoms with Gasteiger partial charge in [-0.25, -0.2) is 0 Å². The fourth-order valence-electron chi connectivity index (χ4n) is 2.18. The highest BCUT2D eigenvalue weighted by atomic mass is 16.1. The molecule has 2 rings (SSSR count). The van der Waals surface area contributed by atoms with Crippen LogP contribution in [0.1, 0.15) is 29.9 Å². The molecule has 1 saturated heterocycles. The molecular formula is C13H17NO. The first-order chi connectivity index (χ1) is 7.40. The van der Waals surface area contributed by atoms with Crippen molar-refractivity contribution in [1.29, 1.82) is 0 Å². The second-order valence-corrected chi connectivity index (χ2v) is 4.14. The highest BCUT2D eigenvalue weighted by Crippen LogP contribution is 2.25. The van der Waals surface area contributed by atoms with E-state index in [1.165, 1.54) is 18.4 Å². The fraction of sp³-hybridized carbons (Fsp3) is 0.462. The molecule has 0 saturated carbocycles. The minimum Gasteiger partial charge on any atom is -0.317 e. The number of hydrogen-bond donors (Lipinski definition) is 1. The maximum Gasteiger partial charge on any atom is 0.124 e. The fourth-order valence-corrected chi connectivity index (χ4v) is 2.18. The topological polar surface area (TPSA) is 29.1 Å². The zero-order valence-corrected chi connectivity index (χ0v) is 8.91. The number of carbonyl (C=O) groups excluding carboxylic acids is 1. The van der Waals surface area contributed by atoms with Crippen LogP contribution >= 0.6 is 0 Å². The van der Waals surface area contributed by atoms with E-state index in [0.717, 1.165) is 24.9 Å². The molecule has 1 aromatic rings. The first-order valence-corrected chi connectivity index (χ1v) is 5.63. The zero-order valence-electron chi connectivity index (χ0n) is 8.91. The molecule has 0 amide bonds. The Hall–Kier alpha value is -1.15. The molecule has 0 atom stereocenters. The van der Waals surface area contributed by atoms with Crippen molar-refractivity contribution in [2.24, 2.45) is 0 Å². The largest absolute Gasteiger partial charge is 0.317 e. The summed E-state index contributed by atoms with van der Waals surface area (Å²) in [5.74, 6) is 0.705. The van der Waals surface area contributed by atoms with Gasteiger partial charge in [0.25, 0.3) is 0 Å². The van der Waals surface area contributed by atoms with E-state index in [1.807, 2.05) is 0 Å². The van der Waals surface area contributed by atoms with Gasteiger partial charge in [0.1, 0.15) is 6.29 Å². The van der Waals surface area contributed by atoms with Gasteiger partial charge < -0.3 is 10.1 Å². The van der Waals surface area contributed by atoms with Crippen LogP contribution in [0.15, 0.2) is 24.3 Å². The van der Waals surface area contributed by atoms with Crippen LogP contribution in [-0.4, -0.2) is 19.4 Å². The number of aldehydes is 1. The van der Waals surface area contributed by atoms with Gasteiger partial charge in [-0.2, -0.15) is 0 Å². The minimum atomic E-state index is 0.534. The summed E-state index contributed by atoms with van der Waals surface area (Å²) in [4.78, 5) is 10.4. The summed E-state index contributed by atoms with van der Waals surface area (Å²) < 4.78 is 0. The van der Waals surface area contributed by atoms with Gasteiger partial charge in [0.15, 0.2) is 0 Å². The van der Waals surface area contributed by atoms with Gasteiger partial charge in [-0.05, 0) is 43.0 Å². The molecule has 0 spiro atoms. The van der Waals surface area contributed by atoms with Crippen molar-refractivity contribution in [3.63, 3.8) is 0 Å². The third-order valence-electron chi connectivity index (χ3n) is 3.11. The van der Waals surface area contributed by atoms with Gasteiger partial charge in [0.05, 0.1) is 0 Å². The van der Waals surface area contributed by atoms with Crippen LogP contribution in [0.3, 0.4) is 0 Å². The van der Waals surface area contributed by atoms with E-state index in [1.54, 1.807) is 0 Å². The van der Waals surface area contributed by atoms with Crippen molar-refractivity contribution in [1.82, 2.24) is 5.32 Å². The third kappa shape index (κ3) is 2.66. The van der Waals surface area contributed by atoms with E-state index in [4.69, 9.17) is 0 Å². The van der Waals surface area contributed by atoms with Gasteiger partial charge in [0.2, 0.25) is 0 Å². The minimum absolute atomic E-state index is 0.534. The summed E-state index contributed by atoms with van der Waals surface area (Å²) in [6.45, 7) is 2.25. The van der Waals surface area contributed by atoms with Gasteiger partial charge in [-0.15, -0.1) is 0 Å². The van der Waals surface area contributed by atoms with Crippen molar-refractivity contribution in [2.45, 2.75) is 25.2 Å². The Morgan fingerprint density at radius 2 is 1.87 bits per heavy atom. The highest BCUT2D eigenvalue weighted by molar-refractivity contribution is 5.54. The summed E-state index contributed by atoms with van der Waals surface area (Å²) in [5.41, 5.74) is 2.54. The normalized spacial score (nSPS) is 17.6. The van der Waals surface area contributed by atoms with E-state index >= 15 is 0 Å². The summed E-state index contributed by atoms with van der Waals surface area (Å²) in [5, 5.41) is 3.37. The molecule has 1 aliphatic heterocycles. The van der Waals surface area contributed by atoms with E-state index < -0.39 is 0 Å². The highest BCUT2D eigenvalue weighted by Gasteiger charge is 2.14. The molecule has 1 aliphatic rings. The summed E-state index contributed by atoms with van der Waals surface area (Å²) >= 11 is 0. The molecule has 1 heterocycles. The first kappa shape index (κ1) is 10.4. The summed E-state index contributed by atoms with van der Waals surface area (Å²) in [6.07, 6.45) is 3.95. The standard InChI is InChI=1S/C13H17NO/c15-10-7-11-1-3-12(4-2-11)13-5-8-14-9-6-13/h1-4,10,13-14H,5-9H2.